The van der Waals surface area contributed by atoms with E-state index in [2.05, 4.69) is 59.1 Å². The Hall–Kier alpha value is -1.35. The molecule has 0 atom stereocenters. The molecule has 2 aromatic rings. The van der Waals surface area contributed by atoms with Gasteiger partial charge >= 0.3 is 0 Å². The Bertz CT molecular complexity index is 527. The number of hydrogen-bond donors (Lipinski definition) is 1. The number of halogens is 1. The molecule has 3 heteroatoms. The smallest absolute Gasteiger partial charge is 0.144 e. The van der Waals surface area contributed by atoms with Gasteiger partial charge in [0.25, 0.3) is 0 Å². The molecular formula is C14H15BrN2. The summed E-state index contributed by atoms with van der Waals surface area (Å²) in [5.41, 5.74) is 4.89. The topological polar surface area (TPSA) is 24.9 Å². The summed E-state index contributed by atoms with van der Waals surface area (Å²) in [6.07, 6.45) is 1.78. The molecule has 2 rings (SSSR count). The van der Waals surface area contributed by atoms with Crippen molar-refractivity contribution in [1.82, 2.24) is 4.98 Å². The molecule has 1 N–H and O–H groups in total. The molecule has 0 aliphatic rings. The standard InChI is InChI=1S/C14H15BrN2/c1-9-7-10(2)13(11(3)8-9)17-14-12(15)5-4-6-16-14/h4-8H,1-3H3,(H,16,17). The minimum absolute atomic E-state index is 0.850. The largest absolute Gasteiger partial charge is 0.339 e. The van der Waals surface area contributed by atoms with Crippen LogP contribution < -0.4 is 5.32 Å². The summed E-state index contributed by atoms with van der Waals surface area (Å²) in [6.45, 7) is 6.33. The van der Waals surface area contributed by atoms with Crippen LogP contribution in [0.1, 0.15) is 16.7 Å². The highest BCUT2D eigenvalue weighted by molar-refractivity contribution is 9.10. The number of nitrogens with one attached hydrogen (secondary N) is 1. The summed E-state index contributed by atoms with van der Waals surface area (Å²) in [6, 6.07) is 8.23. The number of benzene rings is 1. The Balaban J connectivity index is 2.40. The minimum atomic E-state index is 0.850. The lowest BCUT2D eigenvalue weighted by atomic mass is 10.1. The van der Waals surface area contributed by atoms with Gasteiger partial charge in [0.1, 0.15) is 5.82 Å². The first kappa shape index (κ1) is 12.1. The van der Waals surface area contributed by atoms with Crippen LogP contribution in [0.25, 0.3) is 0 Å². The van der Waals surface area contributed by atoms with Gasteiger partial charge < -0.3 is 5.32 Å². The van der Waals surface area contributed by atoms with E-state index >= 15 is 0 Å². The van der Waals surface area contributed by atoms with Crippen LogP contribution in [0.5, 0.6) is 0 Å². The molecule has 0 saturated heterocycles. The maximum Gasteiger partial charge on any atom is 0.144 e. The number of rotatable bonds is 2. The maximum atomic E-state index is 4.32. The third-order valence-corrected chi connectivity index (χ3v) is 3.32. The molecule has 0 bridgehead atoms. The zero-order valence-electron chi connectivity index (χ0n) is 10.2. The molecule has 0 spiro atoms. The van der Waals surface area contributed by atoms with Gasteiger partial charge in [-0.05, 0) is 60.0 Å². The lowest BCUT2D eigenvalue weighted by Gasteiger charge is -2.14. The SMILES string of the molecule is Cc1cc(C)c(Nc2ncccc2Br)c(C)c1. The van der Waals surface area contributed by atoms with Crippen molar-refractivity contribution in [3.63, 3.8) is 0 Å². The number of hydrogen-bond acceptors (Lipinski definition) is 2. The lowest BCUT2D eigenvalue weighted by Crippen LogP contribution is -1.99. The Kier molecular flexibility index (Phi) is 3.48. The molecule has 2 nitrogen and oxygen atoms in total. The molecule has 0 saturated carbocycles. The van der Waals surface area contributed by atoms with Gasteiger partial charge in [0.2, 0.25) is 0 Å². The minimum Gasteiger partial charge on any atom is -0.339 e. The monoisotopic (exact) mass is 290 g/mol. The quantitative estimate of drug-likeness (QED) is 0.880. The summed E-state index contributed by atoms with van der Waals surface area (Å²) in [5, 5.41) is 3.38. The van der Waals surface area contributed by atoms with Crippen molar-refractivity contribution in [2.45, 2.75) is 20.8 Å². The van der Waals surface area contributed by atoms with Crippen LogP contribution in [0.15, 0.2) is 34.9 Å². The van der Waals surface area contributed by atoms with Crippen molar-refractivity contribution in [1.29, 1.82) is 0 Å². The molecule has 0 radical (unpaired) electrons. The fraction of sp³-hybridized carbons (Fsp3) is 0.214. The van der Waals surface area contributed by atoms with E-state index in [0.717, 1.165) is 16.0 Å². The summed E-state index contributed by atoms with van der Waals surface area (Å²) in [4.78, 5) is 4.32. The zero-order valence-corrected chi connectivity index (χ0v) is 11.8. The average Bonchev–Trinajstić information content (AvgIpc) is 2.25. The van der Waals surface area contributed by atoms with Crippen LogP contribution in [0, 0.1) is 20.8 Å². The molecule has 0 aliphatic heterocycles. The normalized spacial score (nSPS) is 10.4. The predicted octanol–water partition coefficient (Wildman–Crippen LogP) is 4.51. The van der Waals surface area contributed by atoms with Gasteiger partial charge in [-0.3, -0.25) is 0 Å². The second-order valence-electron chi connectivity index (χ2n) is 4.23. The van der Waals surface area contributed by atoms with E-state index in [9.17, 15) is 0 Å². The highest BCUT2D eigenvalue weighted by Gasteiger charge is 2.06. The van der Waals surface area contributed by atoms with Gasteiger partial charge in [-0.15, -0.1) is 0 Å². The fourth-order valence-electron chi connectivity index (χ4n) is 1.97. The molecular weight excluding hydrogens is 276 g/mol. The van der Waals surface area contributed by atoms with Crippen molar-refractivity contribution < 1.29 is 0 Å². The van der Waals surface area contributed by atoms with Gasteiger partial charge in [-0.1, -0.05) is 17.7 Å². The van der Waals surface area contributed by atoms with Gasteiger partial charge in [-0.25, -0.2) is 4.98 Å². The summed E-state index contributed by atoms with van der Waals surface area (Å²) < 4.78 is 0.972. The van der Waals surface area contributed by atoms with E-state index in [1.54, 1.807) is 6.20 Å². The van der Waals surface area contributed by atoms with E-state index < -0.39 is 0 Å². The highest BCUT2D eigenvalue weighted by atomic mass is 79.9. The highest BCUT2D eigenvalue weighted by Crippen LogP contribution is 2.28. The molecule has 0 unspecified atom stereocenters. The Morgan fingerprint density at radius 3 is 2.35 bits per heavy atom. The number of pyridine rings is 1. The maximum absolute atomic E-state index is 4.32. The fourth-order valence-corrected chi connectivity index (χ4v) is 2.33. The van der Waals surface area contributed by atoms with Gasteiger partial charge in [0.15, 0.2) is 0 Å². The molecule has 0 aliphatic carbocycles. The molecule has 1 aromatic carbocycles. The third-order valence-electron chi connectivity index (χ3n) is 2.68. The van der Waals surface area contributed by atoms with Crippen molar-refractivity contribution in [3.8, 4) is 0 Å². The number of aromatic nitrogens is 1. The third kappa shape index (κ3) is 2.67. The predicted molar refractivity (Wildman–Crippen MR) is 75.9 cm³/mol. The van der Waals surface area contributed by atoms with Crippen LogP contribution in [-0.2, 0) is 0 Å². The summed E-state index contributed by atoms with van der Waals surface area (Å²) >= 11 is 3.49. The Morgan fingerprint density at radius 1 is 1.12 bits per heavy atom. The van der Waals surface area contributed by atoms with Crippen molar-refractivity contribution in [3.05, 3.63) is 51.6 Å². The van der Waals surface area contributed by atoms with E-state index in [4.69, 9.17) is 0 Å². The first-order valence-corrected chi connectivity index (χ1v) is 6.32. The van der Waals surface area contributed by atoms with E-state index in [1.807, 2.05) is 12.1 Å². The molecule has 17 heavy (non-hydrogen) atoms. The second-order valence-corrected chi connectivity index (χ2v) is 5.09. The van der Waals surface area contributed by atoms with E-state index in [-0.39, 0.29) is 0 Å². The van der Waals surface area contributed by atoms with Crippen LogP contribution in [0.4, 0.5) is 11.5 Å². The van der Waals surface area contributed by atoms with Gasteiger partial charge in [0.05, 0.1) is 4.47 Å². The van der Waals surface area contributed by atoms with Gasteiger partial charge in [0, 0.05) is 11.9 Å². The number of anilines is 2. The molecule has 1 heterocycles. The van der Waals surface area contributed by atoms with Crippen LogP contribution in [-0.4, -0.2) is 4.98 Å². The van der Waals surface area contributed by atoms with Crippen LogP contribution in [0.2, 0.25) is 0 Å². The van der Waals surface area contributed by atoms with Crippen molar-refractivity contribution in [2.24, 2.45) is 0 Å². The molecule has 88 valence electrons. The van der Waals surface area contributed by atoms with Gasteiger partial charge in [-0.2, -0.15) is 0 Å². The molecule has 0 fully saturated rings. The number of nitrogens with zero attached hydrogens (tertiary/aromatic N) is 1. The average molecular weight is 291 g/mol. The number of aryl methyl sites for hydroxylation is 3. The van der Waals surface area contributed by atoms with Crippen LogP contribution in [0.3, 0.4) is 0 Å². The Labute approximate surface area is 110 Å². The lowest BCUT2D eigenvalue weighted by molar-refractivity contribution is 1.25. The first-order chi connectivity index (χ1) is 8.08. The summed E-state index contributed by atoms with van der Waals surface area (Å²) in [7, 11) is 0. The summed E-state index contributed by atoms with van der Waals surface area (Å²) in [5.74, 6) is 0.850. The van der Waals surface area contributed by atoms with E-state index in [0.29, 0.717) is 0 Å². The van der Waals surface area contributed by atoms with Crippen molar-refractivity contribution in [2.75, 3.05) is 5.32 Å². The van der Waals surface area contributed by atoms with Crippen molar-refractivity contribution >= 4 is 27.4 Å². The first-order valence-electron chi connectivity index (χ1n) is 5.53. The van der Waals surface area contributed by atoms with E-state index in [1.165, 1.54) is 16.7 Å². The Morgan fingerprint density at radius 2 is 1.76 bits per heavy atom. The molecule has 1 aromatic heterocycles. The molecule has 0 amide bonds. The second kappa shape index (κ2) is 4.88. The van der Waals surface area contributed by atoms with Crippen LogP contribution >= 0.6 is 15.9 Å². The zero-order chi connectivity index (χ0) is 12.4.